The zero-order valence-corrected chi connectivity index (χ0v) is 49.1. The molecule has 0 aliphatic heterocycles. The number of rotatable bonds is 53. The van der Waals surface area contributed by atoms with Crippen molar-refractivity contribution in [3.8, 4) is 0 Å². The number of nitrogens with one attached hydrogen (secondary N) is 1. The Morgan fingerprint density at radius 1 is 0.486 bits per heavy atom. The Balaban J connectivity index is 3.96. The Morgan fingerprint density at radius 2 is 0.838 bits per heavy atom. The maximum atomic E-state index is 12.9. The van der Waals surface area contributed by atoms with Crippen LogP contribution in [0.3, 0.4) is 0 Å². The number of aliphatic hydroxyl groups is 1. The monoisotopic (exact) mass is 1050 g/mol. The van der Waals surface area contributed by atoms with Gasteiger partial charge in [-0.15, -0.1) is 0 Å². The van der Waals surface area contributed by atoms with Gasteiger partial charge in [0.05, 0.1) is 39.9 Å². The maximum Gasteiger partial charge on any atom is 0.268 e. The van der Waals surface area contributed by atoms with Crippen LogP contribution in [-0.4, -0.2) is 68.5 Å². The smallest absolute Gasteiger partial charge is 0.268 e. The van der Waals surface area contributed by atoms with E-state index in [-0.39, 0.29) is 12.5 Å². The van der Waals surface area contributed by atoms with E-state index in [1.165, 1.54) is 122 Å². The van der Waals surface area contributed by atoms with Gasteiger partial charge in [0.2, 0.25) is 5.91 Å². The first-order chi connectivity index (χ1) is 36.0. The number of phosphoric acid groups is 1. The van der Waals surface area contributed by atoms with Gasteiger partial charge in [-0.1, -0.05) is 251 Å². The zero-order chi connectivity index (χ0) is 54.2. The van der Waals surface area contributed by atoms with Gasteiger partial charge in [0.1, 0.15) is 13.2 Å². The van der Waals surface area contributed by atoms with Crippen LogP contribution in [0, 0.1) is 0 Å². The number of likely N-dealkylation sites (N-methyl/N-ethyl adjacent to an activating group) is 1. The molecular weight excluding hydrogens is 936 g/mol. The van der Waals surface area contributed by atoms with Crippen molar-refractivity contribution in [1.82, 2.24) is 5.32 Å². The number of phosphoric ester groups is 1. The molecule has 2 N–H and O–H groups in total. The van der Waals surface area contributed by atoms with Gasteiger partial charge >= 0.3 is 0 Å². The second-order valence-electron chi connectivity index (χ2n) is 21.0. The van der Waals surface area contributed by atoms with E-state index in [4.69, 9.17) is 9.05 Å². The first-order valence-electron chi connectivity index (χ1n) is 29.9. The van der Waals surface area contributed by atoms with Crippen molar-refractivity contribution in [1.29, 1.82) is 0 Å². The van der Waals surface area contributed by atoms with Crippen LogP contribution in [0.25, 0.3) is 0 Å². The largest absolute Gasteiger partial charge is 0.756 e. The van der Waals surface area contributed by atoms with E-state index in [2.05, 4.69) is 129 Å². The predicted octanol–water partition coefficient (Wildman–Crippen LogP) is 17.9. The molecule has 0 aliphatic carbocycles. The first kappa shape index (κ1) is 70.9. The molecule has 0 radical (unpaired) electrons. The molecule has 424 valence electrons. The van der Waals surface area contributed by atoms with Gasteiger partial charge < -0.3 is 28.8 Å². The molecule has 0 saturated carbocycles. The Labute approximate surface area is 456 Å². The van der Waals surface area contributed by atoms with Crippen LogP contribution in [0.15, 0.2) is 122 Å². The molecule has 0 aromatic carbocycles. The lowest BCUT2D eigenvalue weighted by atomic mass is 10.0. The number of amides is 1. The molecule has 0 bridgehead atoms. The highest BCUT2D eigenvalue weighted by molar-refractivity contribution is 7.45. The number of aliphatic hydroxyl groups excluding tert-OH is 1. The molecule has 0 saturated heterocycles. The van der Waals surface area contributed by atoms with Crippen molar-refractivity contribution in [2.24, 2.45) is 0 Å². The van der Waals surface area contributed by atoms with Crippen molar-refractivity contribution < 1.29 is 32.9 Å². The molecule has 3 unspecified atom stereocenters. The molecule has 0 aromatic rings. The molecule has 0 spiro atoms. The highest BCUT2D eigenvalue weighted by Crippen LogP contribution is 2.38. The highest BCUT2D eigenvalue weighted by atomic mass is 31.2. The third kappa shape index (κ3) is 56.6. The Hall–Kier alpha value is -3.10. The van der Waals surface area contributed by atoms with Gasteiger partial charge in [0.25, 0.3) is 7.82 Å². The minimum absolute atomic E-state index is 0.0103. The van der Waals surface area contributed by atoms with Crippen LogP contribution in [0.5, 0.6) is 0 Å². The van der Waals surface area contributed by atoms with Crippen LogP contribution in [0.1, 0.15) is 232 Å². The van der Waals surface area contributed by atoms with Crippen LogP contribution >= 0.6 is 7.82 Å². The van der Waals surface area contributed by atoms with Crippen molar-refractivity contribution in [2.45, 2.75) is 244 Å². The second-order valence-corrected chi connectivity index (χ2v) is 22.4. The van der Waals surface area contributed by atoms with E-state index in [0.717, 1.165) is 89.9 Å². The average Bonchev–Trinajstić information content (AvgIpc) is 3.36. The summed E-state index contributed by atoms with van der Waals surface area (Å²) < 4.78 is 23.2. The van der Waals surface area contributed by atoms with Crippen molar-refractivity contribution in [2.75, 3.05) is 40.9 Å². The number of quaternary nitrogens is 1. The zero-order valence-electron chi connectivity index (χ0n) is 48.2. The fraction of sp³-hybridized carbons (Fsp3) is 0.677. The first-order valence-corrected chi connectivity index (χ1v) is 31.4. The van der Waals surface area contributed by atoms with E-state index in [0.29, 0.717) is 17.4 Å². The lowest BCUT2D eigenvalue weighted by molar-refractivity contribution is -0.870. The van der Waals surface area contributed by atoms with Gasteiger partial charge in [-0.05, 0) is 96.3 Å². The van der Waals surface area contributed by atoms with E-state index >= 15 is 0 Å². The summed E-state index contributed by atoms with van der Waals surface area (Å²) in [5.74, 6) is -0.212. The molecule has 0 aliphatic rings. The summed E-state index contributed by atoms with van der Waals surface area (Å²) >= 11 is 0. The summed E-state index contributed by atoms with van der Waals surface area (Å²) in [6.45, 7) is 4.47. The minimum Gasteiger partial charge on any atom is -0.756 e. The van der Waals surface area contributed by atoms with Crippen LogP contribution in [0.2, 0.25) is 0 Å². The number of carbonyl (C=O) groups excluding carboxylic acids is 1. The summed E-state index contributed by atoms with van der Waals surface area (Å²) in [5.41, 5.74) is 0. The quantitative estimate of drug-likeness (QED) is 0.0272. The molecule has 0 rings (SSSR count). The van der Waals surface area contributed by atoms with Gasteiger partial charge in [0.15, 0.2) is 0 Å². The fourth-order valence-corrected chi connectivity index (χ4v) is 8.73. The summed E-state index contributed by atoms with van der Waals surface area (Å²) in [6.07, 6.45) is 81.6. The summed E-state index contributed by atoms with van der Waals surface area (Å²) in [4.78, 5) is 25.4. The molecule has 0 fully saturated rings. The number of hydrogen-bond donors (Lipinski definition) is 2. The normalized spacial score (nSPS) is 14.7. The lowest BCUT2D eigenvalue weighted by Crippen LogP contribution is -2.45. The molecule has 0 heterocycles. The molecular formula is C65H113N2O6P. The number of carbonyl (C=O) groups is 1. The Kier molecular flexibility index (Phi) is 52.4. The third-order valence-corrected chi connectivity index (χ3v) is 13.6. The van der Waals surface area contributed by atoms with Crippen molar-refractivity contribution in [3.63, 3.8) is 0 Å². The van der Waals surface area contributed by atoms with Gasteiger partial charge in [-0.25, -0.2) is 0 Å². The van der Waals surface area contributed by atoms with E-state index in [9.17, 15) is 19.4 Å². The summed E-state index contributed by atoms with van der Waals surface area (Å²) in [7, 11) is 1.23. The van der Waals surface area contributed by atoms with E-state index in [1.807, 2.05) is 27.2 Å². The summed E-state index contributed by atoms with van der Waals surface area (Å²) in [5, 5.41) is 13.8. The van der Waals surface area contributed by atoms with Crippen molar-refractivity contribution >= 4 is 13.7 Å². The van der Waals surface area contributed by atoms with Crippen LogP contribution in [0.4, 0.5) is 0 Å². The molecule has 74 heavy (non-hydrogen) atoms. The number of allylic oxidation sites excluding steroid dienone is 19. The summed E-state index contributed by atoms with van der Waals surface area (Å²) in [6, 6.07) is -0.907. The lowest BCUT2D eigenvalue weighted by Gasteiger charge is -2.29. The second kappa shape index (κ2) is 54.7. The molecule has 9 heteroatoms. The van der Waals surface area contributed by atoms with Gasteiger partial charge in [-0.2, -0.15) is 0 Å². The van der Waals surface area contributed by atoms with Gasteiger partial charge in [-0.3, -0.25) is 9.36 Å². The molecule has 3 atom stereocenters. The average molecular weight is 1050 g/mol. The molecule has 1 amide bonds. The fourth-order valence-electron chi connectivity index (χ4n) is 8.01. The van der Waals surface area contributed by atoms with E-state index in [1.54, 1.807) is 6.08 Å². The highest BCUT2D eigenvalue weighted by Gasteiger charge is 2.23. The van der Waals surface area contributed by atoms with Gasteiger partial charge in [0, 0.05) is 6.42 Å². The van der Waals surface area contributed by atoms with Crippen LogP contribution < -0.4 is 10.2 Å². The minimum atomic E-state index is -4.60. The molecule has 0 aromatic heterocycles. The Morgan fingerprint density at radius 3 is 1.26 bits per heavy atom. The Bertz CT molecular complexity index is 1620. The van der Waals surface area contributed by atoms with Crippen LogP contribution in [-0.2, 0) is 18.4 Å². The van der Waals surface area contributed by atoms with E-state index < -0.39 is 26.6 Å². The SMILES string of the molecule is CC/C=C\C/C=C\C/C=C\C/C=C\C/C=C\C/C=C\C/C=C\C/C=C\CCCCCCCCCCCCCCCCCCC(=O)NC(COP(=O)([O-])OCC[N+](C)(C)C)C(O)/C=C/CC/C=C/CCCCCCC. The number of unbranched alkanes of at least 4 members (excludes halogenated alkanes) is 22. The van der Waals surface area contributed by atoms with Crippen molar-refractivity contribution in [3.05, 3.63) is 122 Å². The third-order valence-electron chi connectivity index (χ3n) is 12.7. The molecule has 8 nitrogen and oxygen atoms in total. The number of nitrogens with zero attached hydrogens (tertiary/aromatic N) is 1. The topological polar surface area (TPSA) is 108 Å². The number of hydrogen-bond acceptors (Lipinski definition) is 6. The predicted molar refractivity (Wildman–Crippen MR) is 320 cm³/mol. The standard InChI is InChI=1S/C65H113N2O6P/c1-6-8-10-12-14-16-18-19-20-21-22-23-24-25-26-27-28-29-30-31-32-33-34-35-36-37-38-39-40-41-42-43-44-45-46-47-49-51-53-55-57-59-65(69)66-63(62-73-74(70,71)72-61-60-67(3,4)5)64(68)58-56-54-52-50-48-17-15-13-11-9-7-2/h8,10,14,16,19-20,22-23,25-26,28-29,31-32,34-35,48,50,56,58,63-64,68H,6-7,9,11-13,15,17-18,21,24,27,30,33,36-47,49,51-55,57,59-62H2,1-5H3,(H-,66,69,70,71)/b10-8-,16-14-,20-19-,23-22-,26-25-,29-28-,32-31-,35-34-,50-48+,58-56+. The maximum absolute atomic E-state index is 12.9.